The van der Waals surface area contributed by atoms with Crippen molar-refractivity contribution < 1.29 is 19.3 Å². The first-order valence-corrected chi connectivity index (χ1v) is 8.45. The Morgan fingerprint density at radius 2 is 1.79 bits per heavy atom. The van der Waals surface area contributed by atoms with Gasteiger partial charge >= 0.3 is 5.91 Å². The minimum atomic E-state index is -0.815. The van der Waals surface area contributed by atoms with Crippen molar-refractivity contribution in [2.24, 2.45) is 4.99 Å². The van der Waals surface area contributed by atoms with Crippen molar-refractivity contribution in [3.05, 3.63) is 70.3 Å². The molecule has 11 heteroatoms. The fourth-order valence-corrected chi connectivity index (χ4v) is 2.51. The number of nitro benzene ring substituents is 1. The van der Waals surface area contributed by atoms with Gasteiger partial charge in [-0.3, -0.25) is 40.8 Å². The molecule has 0 spiro atoms. The van der Waals surface area contributed by atoms with Gasteiger partial charge in [0, 0.05) is 17.7 Å². The predicted molar refractivity (Wildman–Crippen MR) is 103 cm³/mol. The maximum atomic E-state index is 12.4. The first-order chi connectivity index (χ1) is 13.9. The lowest BCUT2D eigenvalue weighted by Gasteiger charge is -2.30. The van der Waals surface area contributed by atoms with Gasteiger partial charge in [-0.25, -0.2) is 10.0 Å². The average Bonchev–Trinajstić information content (AvgIpc) is 2.74. The third kappa shape index (κ3) is 4.35. The van der Waals surface area contributed by atoms with Crippen molar-refractivity contribution in [3.63, 3.8) is 0 Å². The van der Waals surface area contributed by atoms with Crippen LogP contribution in [0.1, 0.15) is 17.3 Å². The second kappa shape index (κ2) is 8.17. The molecule has 29 heavy (non-hydrogen) atoms. The van der Waals surface area contributed by atoms with E-state index in [1.165, 1.54) is 30.1 Å². The summed E-state index contributed by atoms with van der Waals surface area (Å²) in [7, 11) is 0. The van der Waals surface area contributed by atoms with Gasteiger partial charge < -0.3 is 0 Å². The summed E-state index contributed by atoms with van der Waals surface area (Å²) < 4.78 is 0. The van der Waals surface area contributed by atoms with E-state index in [4.69, 9.17) is 0 Å². The number of aliphatic imine (C=N–C) groups is 1. The lowest BCUT2D eigenvalue weighted by Crippen LogP contribution is -2.59. The van der Waals surface area contributed by atoms with Gasteiger partial charge in [0.1, 0.15) is 6.04 Å². The van der Waals surface area contributed by atoms with Crippen LogP contribution in [-0.2, 0) is 9.59 Å². The molecule has 1 aliphatic heterocycles. The lowest BCUT2D eigenvalue weighted by molar-refractivity contribution is -0.384. The van der Waals surface area contributed by atoms with Gasteiger partial charge in [0.2, 0.25) is 5.84 Å². The molecule has 0 aromatic heterocycles. The highest BCUT2D eigenvalue weighted by Crippen LogP contribution is 2.16. The molecule has 1 aliphatic rings. The summed E-state index contributed by atoms with van der Waals surface area (Å²) in [5, 5.41) is 12.0. The summed E-state index contributed by atoms with van der Waals surface area (Å²) in [6.45, 7) is 1.54. The van der Waals surface area contributed by atoms with E-state index in [2.05, 4.69) is 21.3 Å². The number of rotatable bonds is 4. The number of hydrogen-bond acceptors (Lipinski definition) is 7. The Bertz CT molecular complexity index is 1010. The van der Waals surface area contributed by atoms with Gasteiger partial charge in [-0.1, -0.05) is 24.3 Å². The van der Waals surface area contributed by atoms with Crippen molar-refractivity contribution in [3.8, 4) is 0 Å². The molecule has 1 atom stereocenters. The topological polar surface area (TPSA) is 146 Å². The lowest BCUT2D eigenvalue weighted by atomic mass is 10.2. The molecule has 3 amide bonds. The average molecular weight is 396 g/mol. The van der Waals surface area contributed by atoms with Gasteiger partial charge in [0.25, 0.3) is 17.5 Å². The number of nitrogens with one attached hydrogen (secondary N) is 3. The van der Waals surface area contributed by atoms with Gasteiger partial charge in [-0.2, -0.15) is 0 Å². The smallest absolute Gasteiger partial charge is 0.270 e. The first kappa shape index (κ1) is 19.5. The molecule has 3 rings (SSSR count). The van der Waals surface area contributed by atoms with E-state index in [-0.39, 0.29) is 23.0 Å². The first-order valence-electron chi connectivity index (χ1n) is 8.45. The number of hydrogen-bond donors (Lipinski definition) is 3. The Kier molecular flexibility index (Phi) is 5.49. The summed E-state index contributed by atoms with van der Waals surface area (Å²) >= 11 is 0. The standard InChI is InChI=1S/C18H16N6O5/c1-11-18(27)23(13-7-3-2-4-8-13)22-15(19-11)17(26)21-20-16(25)12-6-5-9-14(10-12)24(28)29/h2-11H,1H3,(H,19,22)(H,20,25)(H,21,26). The van der Waals surface area contributed by atoms with E-state index in [0.717, 1.165) is 6.07 Å². The number of anilines is 1. The molecule has 148 valence electrons. The van der Waals surface area contributed by atoms with Crippen molar-refractivity contribution in [1.29, 1.82) is 0 Å². The van der Waals surface area contributed by atoms with Crippen LogP contribution in [0.5, 0.6) is 0 Å². The highest BCUT2D eigenvalue weighted by Gasteiger charge is 2.30. The molecule has 0 bridgehead atoms. The van der Waals surface area contributed by atoms with Crippen LogP contribution >= 0.6 is 0 Å². The van der Waals surface area contributed by atoms with E-state index in [1.807, 2.05) is 0 Å². The number of para-hydroxylation sites is 1. The Labute approximate surface area is 164 Å². The molecule has 2 aromatic rings. The third-order valence-corrected chi connectivity index (χ3v) is 3.96. The zero-order valence-corrected chi connectivity index (χ0v) is 15.2. The van der Waals surface area contributed by atoms with E-state index in [1.54, 1.807) is 30.3 Å². The number of nitro groups is 1. The predicted octanol–water partition coefficient (Wildman–Crippen LogP) is 0.694. The van der Waals surface area contributed by atoms with Gasteiger partial charge in [-0.05, 0) is 25.1 Å². The number of carbonyl (C=O) groups is 3. The number of nitrogens with zero attached hydrogens (tertiary/aromatic N) is 3. The van der Waals surface area contributed by atoms with Crippen molar-refractivity contribution in [2.45, 2.75) is 13.0 Å². The second-order valence-electron chi connectivity index (χ2n) is 5.99. The van der Waals surface area contributed by atoms with E-state index < -0.39 is 22.8 Å². The highest BCUT2D eigenvalue weighted by molar-refractivity contribution is 6.39. The Morgan fingerprint density at radius 1 is 1.10 bits per heavy atom. The van der Waals surface area contributed by atoms with E-state index >= 15 is 0 Å². The summed E-state index contributed by atoms with van der Waals surface area (Å²) in [4.78, 5) is 51.0. The summed E-state index contributed by atoms with van der Waals surface area (Å²) in [6.07, 6.45) is 0. The molecule has 0 saturated heterocycles. The van der Waals surface area contributed by atoms with Gasteiger partial charge in [0.15, 0.2) is 0 Å². The van der Waals surface area contributed by atoms with Crippen LogP contribution in [0.25, 0.3) is 0 Å². The van der Waals surface area contributed by atoms with Crippen LogP contribution in [0.4, 0.5) is 11.4 Å². The molecule has 11 nitrogen and oxygen atoms in total. The molecular weight excluding hydrogens is 380 g/mol. The number of carbonyl (C=O) groups excluding carboxylic acids is 3. The number of amides is 3. The number of benzene rings is 2. The quantitative estimate of drug-likeness (QED) is 0.512. The van der Waals surface area contributed by atoms with Crippen LogP contribution in [0, 0.1) is 10.1 Å². The molecule has 0 radical (unpaired) electrons. The van der Waals surface area contributed by atoms with Crippen molar-refractivity contribution >= 4 is 34.9 Å². The minimum absolute atomic E-state index is 0.00694. The van der Waals surface area contributed by atoms with E-state index in [9.17, 15) is 24.5 Å². The molecule has 1 unspecified atom stereocenters. The summed E-state index contributed by atoms with van der Waals surface area (Å²) in [5.74, 6) is -2.07. The number of non-ortho nitro benzene ring substituents is 1. The molecule has 0 aliphatic carbocycles. The normalized spacial score (nSPS) is 15.8. The maximum Gasteiger partial charge on any atom is 0.306 e. The van der Waals surface area contributed by atoms with E-state index in [0.29, 0.717) is 5.69 Å². The number of hydrazine groups is 2. The van der Waals surface area contributed by atoms with Crippen LogP contribution < -0.4 is 21.3 Å². The van der Waals surface area contributed by atoms with Crippen LogP contribution in [-0.4, -0.2) is 34.5 Å². The van der Waals surface area contributed by atoms with Crippen molar-refractivity contribution in [1.82, 2.24) is 16.3 Å². The molecular formula is C18H16N6O5. The van der Waals surface area contributed by atoms with Crippen molar-refractivity contribution in [2.75, 3.05) is 5.01 Å². The fraction of sp³-hybridized carbons (Fsp3) is 0.111. The molecule has 0 saturated carbocycles. The van der Waals surface area contributed by atoms with Gasteiger partial charge in [-0.15, -0.1) is 0 Å². The fourth-order valence-electron chi connectivity index (χ4n) is 2.51. The van der Waals surface area contributed by atoms with Crippen LogP contribution in [0.15, 0.2) is 59.6 Å². The van der Waals surface area contributed by atoms with Crippen LogP contribution in [0.3, 0.4) is 0 Å². The van der Waals surface area contributed by atoms with Crippen LogP contribution in [0.2, 0.25) is 0 Å². The Balaban J connectivity index is 1.68. The molecule has 3 N–H and O–H groups in total. The summed E-state index contributed by atoms with van der Waals surface area (Å²) in [6, 6.07) is 12.8. The Hall–Kier alpha value is -4.28. The highest BCUT2D eigenvalue weighted by atomic mass is 16.6. The second-order valence-corrected chi connectivity index (χ2v) is 5.99. The zero-order chi connectivity index (χ0) is 21.0. The number of amidine groups is 1. The largest absolute Gasteiger partial charge is 0.306 e. The Morgan fingerprint density at radius 3 is 2.48 bits per heavy atom. The zero-order valence-electron chi connectivity index (χ0n) is 15.2. The third-order valence-electron chi connectivity index (χ3n) is 3.96. The maximum absolute atomic E-state index is 12.4. The minimum Gasteiger partial charge on any atom is -0.270 e. The molecule has 0 fully saturated rings. The van der Waals surface area contributed by atoms with Gasteiger partial charge in [0.05, 0.1) is 10.6 Å². The molecule has 1 heterocycles. The molecule has 2 aromatic carbocycles. The monoisotopic (exact) mass is 396 g/mol. The summed E-state index contributed by atoms with van der Waals surface area (Å²) in [5.41, 5.74) is 7.20. The SMILES string of the molecule is CC1N=C(C(=O)NNC(=O)c2cccc([N+](=O)[O-])c2)NN(c2ccccc2)C1=O.